The van der Waals surface area contributed by atoms with Gasteiger partial charge in [0.1, 0.15) is 0 Å². The van der Waals surface area contributed by atoms with Gasteiger partial charge in [-0.3, -0.25) is 0 Å². The van der Waals surface area contributed by atoms with Crippen LogP contribution in [-0.4, -0.2) is 33.5 Å². The van der Waals surface area contributed by atoms with Gasteiger partial charge in [-0.15, -0.1) is 0 Å². The van der Waals surface area contributed by atoms with Crippen molar-refractivity contribution in [2.24, 2.45) is 5.92 Å². The third kappa shape index (κ3) is 4.46. The fourth-order valence-electron chi connectivity index (χ4n) is 2.31. The molecule has 19 heavy (non-hydrogen) atoms. The minimum absolute atomic E-state index is 0.0959. The van der Waals surface area contributed by atoms with Crippen molar-refractivity contribution in [3.63, 3.8) is 0 Å². The predicted octanol–water partition coefficient (Wildman–Crippen LogP) is 3.04. The molecule has 106 valence electrons. The molecule has 1 aromatic rings. The van der Waals surface area contributed by atoms with Gasteiger partial charge < -0.3 is 14.8 Å². The molecule has 0 aliphatic heterocycles. The maximum absolute atomic E-state index is 5.95. The summed E-state index contributed by atoms with van der Waals surface area (Å²) in [6, 6.07) is 8.52. The Morgan fingerprint density at radius 1 is 1.26 bits per heavy atom. The van der Waals surface area contributed by atoms with Crippen LogP contribution in [0.5, 0.6) is 0 Å². The molecule has 1 aliphatic carbocycles. The lowest BCUT2D eigenvalue weighted by molar-refractivity contribution is 0.0269. The normalized spacial score (nSPS) is 18.3. The average Bonchev–Trinajstić information content (AvgIpc) is 3.24. The number of methoxy groups -OCH3 is 2. The summed E-state index contributed by atoms with van der Waals surface area (Å²) in [6.07, 6.45) is 2.68. The molecule has 0 saturated heterocycles. The largest absolute Gasteiger partial charge is 0.382 e. The molecule has 2 unspecified atom stereocenters. The highest BCUT2D eigenvalue weighted by molar-refractivity contribution is 6.30. The van der Waals surface area contributed by atoms with Gasteiger partial charge in [0.15, 0.2) is 0 Å². The molecule has 1 N–H and O–H groups in total. The Morgan fingerprint density at radius 2 is 1.95 bits per heavy atom. The first-order valence-electron chi connectivity index (χ1n) is 6.75. The van der Waals surface area contributed by atoms with Gasteiger partial charge in [-0.05, 0) is 36.5 Å². The van der Waals surface area contributed by atoms with Crippen LogP contribution in [-0.2, 0) is 9.47 Å². The second-order valence-electron chi connectivity index (χ2n) is 5.09. The number of rotatable bonds is 8. The maximum atomic E-state index is 5.95. The van der Waals surface area contributed by atoms with Crippen molar-refractivity contribution >= 4 is 11.6 Å². The van der Waals surface area contributed by atoms with E-state index in [1.165, 1.54) is 18.4 Å². The second kappa shape index (κ2) is 7.25. The van der Waals surface area contributed by atoms with Gasteiger partial charge in [0.2, 0.25) is 0 Å². The number of hydrogen-bond donors (Lipinski definition) is 1. The van der Waals surface area contributed by atoms with Crippen molar-refractivity contribution in [3.05, 3.63) is 34.9 Å². The summed E-state index contributed by atoms with van der Waals surface area (Å²) in [4.78, 5) is 0. The lowest BCUT2D eigenvalue weighted by Gasteiger charge is -2.22. The van der Waals surface area contributed by atoms with E-state index in [1.807, 2.05) is 12.1 Å². The molecule has 1 aliphatic rings. The summed E-state index contributed by atoms with van der Waals surface area (Å²) in [6.45, 7) is 1.41. The van der Waals surface area contributed by atoms with E-state index in [0.717, 1.165) is 17.5 Å². The highest BCUT2D eigenvalue weighted by atomic mass is 35.5. The van der Waals surface area contributed by atoms with E-state index in [0.29, 0.717) is 12.6 Å². The molecular weight excluding hydrogens is 262 g/mol. The van der Waals surface area contributed by atoms with Crippen molar-refractivity contribution in [1.29, 1.82) is 0 Å². The van der Waals surface area contributed by atoms with Gasteiger partial charge in [0.05, 0.1) is 12.7 Å². The van der Waals surface area contributed by atoms with E-state index in [9.17, 15) is 0 Å². The van der Waals surface area contributed by atoms with Gasteiger partial charge in [0, 0.05) is 31.8 Å². The van der Waals surface area contributed by atoms with Crippen molar-refractivity contribution in [2.75, 3.05) is 27.4 Å². The zero-order valence-corrected chi connectivity index (χ0v) is 12.3. The number of hydrogen-bond acceptors (Lipinski definition) is 3. The van der Waals surface area contributed by atoms with Crippen molar-refractivity contribution in [1.82, 2.24) is 5.32 Å². The Kier molecular flexibility index (Phi) is 5.64. The number of halogens is 1. The Bertz CT molecular complexity index is 378. The number of benzene rings is 1. The molecule has 4 heteroatoms. The topological polar surface area (TPSA) is 30.5 Å². The zero-order chi connectivity index (χ0) is 13.7. The third-order valence-corrected chi connectivity index (χ3v) is 3.83. The molecular formula is C15H22ClNO2. The van der Waals surface area contributed by atoms with E-state index in [2.05, 4.69) is 17.4 Å². The van der Waals surface area contributed by atoms with E-state index >= 15 is 0 Å². The van der Waals surface area contributed by atoms with Gasteiger partial charge >= 0.3 is 0 Å². The molecule has 0 heterocycles. The Morgan fingerprint density at radius 3 is 2.47 bits per heavy atom. The first kappa shape index (κ1) is 14.8. The molecule has 0 aromatic heterocycles. The summed E-state index contributed by atoms with van der Waals surface area (Å²) < 4.78 is 10.5. The van der Waals surface area contributed by atoms with Crippen molar-refractivity contribution in [3.8, 4) is 0 Å². The highest BCUT2D eigenvalue weighted by Gasteiger charge is 2.32. The van der Waals surface area contributed by atoms with Gasteiger partial charge in [-0.25, -0.2) is 0 Å². The van der Waals surface area contributed by atoms with Crippen LogP contribution < -0.4 is 5.32 Å². The molecule has 0 amide bonds. The Balaban J connectivity index is 1.94. The quantitative estimate of drug-likeness (QED) is 0.795. The molecule has 1 aromatic carbocycles. The Labute approximate surface area is 120 Å². The molecule has 1 saturated carbocycles. The van der Waals surface area contributed by atoms with E-state index in [4.69, 9.17) is 21.1 Å². The van der Waals surface area contributed by atoms with Gasteiger partial charge in [-0.1, -0.05) is 23.7 Å². The fraction of sp³-hybridized carbons (Fsp3) is 0.600. The van der Waals surface area contributed by atoms with E-state index in [-0.39, 0.29) is 6.10 Å². The molecule has 3 nitrogen and oxygen atoms in total. The summed E-state index contributed by atoms with van der Waals surface area (Å²) >= 11 is 5.95. The van der Waals surface area contributed by atoms with Crippen molar-refractivity contribution < 1.29 is 9.47 Å². The maximum Gasteiger partial charge on any atom is 0.0928 e. The van der Waals surface area contributed by atoms with Crippen LogP contribution in [0.15, 0.2) is 24.3 Å². The first-order valence-corrected chi connectivity index (χ1v) is 7.13. The smallest absolute Gasteiger partial charge is 0.0928 e. The minimum atomic E-state index is 0.0959. The lowest BCUT2D eigenvalue weighted by atomic mass is 10.0. The number of nitrogens with one attached hydrogen (secondary N) is 1. The zero-order valence-electron chi connectivity index (χ0n) is 11.6. The second-order valence-corrected chi connectivity index (χ2v) is 5.52. The van der Waals surface area contributed by atoms with Crippen LogP contribution in [0.4, 0.5) is 0 Å². The predicted molar refractivity (Wildman–Crippen MR) is 77.6 cm³/mol. The van der Waals surface area contributed by atoms with Crippen LogP contribution in [0.1, 0.15) is 24.4 Å². The first-order chi connectivity index (χ1) is 9.24. The fourth-order valence-corrected chi connectivity index (χ4v) is 2.44. The van der Waals surface area contributed by atoms with Crippen LogP contribution >= 0.6 is 11.6 Å². The van der Waals surface area contributed by atoms with E-state index < -0.39 is 0 Å². The summed E-state index contributed by atoms with van der Waals surface area (Å²) in [5.74, 6) is 0.737. The van der Waals surface area contributed by atoms with Crippen LogP contribution in [0.25, 0.3) is 0 Å². The van der Waals surface area contributed by atoms with Gasteiger partial charge in [0.25, 0.3) is 0 Å². The summed E-state index contributed by atoms with van der Waals surface area (Å²) in [7, 11) is 3.42. The SMILES string of the molecule is COCC(CNC(c1ccc(Cl)cc1)C1CC1)OC. The van der Waals surface area contributed by atoms with Gasteiger partial charge in [-0.2, -0.15) is 0 Å². The number of ether oxygens (including phenoxy) is 2. The van der Waals surface area contributed by atoms with Crippen LogP contribution in [0, 0.1) is 5.92 Å². The van der Waals surface area contributed by atoms with Crippen molar-refractivity contribution in [2.45, 2.75) is 25.0 Å². The highest BCUT2D eigenvalue weighted by Crippen LogP contribution is 2.41. The monoisotopic (exact) mass is 283 g/mol. The molecule has 0 spiro atoms. The summed E-state index contributed by atoms with van der Waals surface area (Å²) in [5, 5.41) is 4.39. The molecule has 1 fully saturated rings. The average molecular weight is 284 g/mol. The van der Waals surface area contributed by atoms with Crippen LogP contribution in [0.2, 0.25) is 5.02 Å². The standard InChI is InChI=1S/C15H22ClNO2/c1-18-10-14(19-2)9-17-15(11-3-4-11)12-5-7-13(16)8-6-12/h5-8,11,14-15,17H,3-4,9-10H2,1-2H3. The molecule has 2 rings (SSSR count). The lowest BCUT2D eigenvalue weighted by Crippen LogP contribution is -2.35. The Hall–Kier alpha value is -0.610. The molecule has 0 bridgehead atoms. The molecule has 0 radical (unpaired) electrons. The minimum Gasteiger partial charge on any atom is -0.382 e. The molecule has 2 atom stereocenters. The summed E-state index contributed by atoms with van der Waals surface area (Å²) in [5.41, 5.74) is 1.30. The third-order valence-electron chi connectivity index (χ3n) is 3.57. The van der Waals surface area contributed by atoms with Crippen LogP contribution in [0.3, 0.4) is 0 Å². The van der Waals surface area contributed by atoms with E-state index in [1.54, 1.807) is 14.2 Å².